The van der Waals surface area contributed by atoms with Gasteiger partial charge in [0.25, 0.3) is 0 Å². The van der Waals surface area contributed by atoms with E-state index in [0.717, 1.165) is 36.5 Å². The molecule has 2 aliphatic carbocycles. The molecule has 2 heterocycles. The van der Waals surface area contributed by atoms with Gasteiger partial charge in [0.15, 0.2) is 5.82 Å². The Morgan fingerprint density at radius 2 is 1.96 bits per heavy atom. The van der Waals surface area contributed by atoms with E-state index in [4.69, 9.17) is 0 Å². The quantitative estimate of drug-likeness (QED) is 0.734. The summed E-state index contributed by atoms with van der Waals surface area (Å²) < 4.78 is 14.9. The van der Waals surface area contributed by atoms with Gasteiger partial charge in [-0.3, -0.25) is 4.98 Å². The number of aromatic hydroxyl groups is 1. The number of phenols is 1. The monoisotopic (exact) mass is 378 g/mol. The van der Waals surface area contributed by atoms with Gasteiger partial charge < -0.3 is 10.0 Å². The molecular formula is C22H23FN4O. The number of phenolic OH excluding ortho intramolecular Hbond substituents is 1. The topological polar surface area (TPSA) is 62.1 Å². The van der Waals surface area contributed by atoms with Crippen LogP contribution in [0.15, 0.2) is 42.7 Å². The molecule has 2 fully saturated rings. The van der Waals surface area contributed by atoms with Crippen molar-refractivity contribution in [3.63, 3.8) is 0 Å². The lowest BCUT2D eigenvalue weighted by Crippen LogP contribution is -2.46. The zero-order valence-corrected chi connectivity index (χ0v) is 15.8. The lowest BCUT2D eigenvalue weighted by molar-refractivity contribution is 0.144. The summed E-state index contributed by atoms with van der Waals surface area (Å²) in [6.07, 6.45) is 6.73. The van der Waals surface area contributed by atoms with Crippen LogP contribution in [0.25, 0.3) is 22.0 Å². The fourth-order valence-electron chi connectivity index (χ4n) is 4.93. The predicted octanol–water partition coefficient (Wildman–Crippen LogP) is 4.36. The van der Waals surface area contributed by atoms with Crippen molar-refractivity contribution < 1.29 is 9.50 Å². The Morgan fingerprint density at radius 1 is 1.07 bits per heavy atom. The minimum atomic E-state index is -0.803. The van der Waals surface area contributed by atoms with E-state index in [1.165, 1.54) is 0 Å². The Bertz CT molecular complexity index is 1010. The lowest BCUT2D eigenvalue weighted by atomic mass is 9.83. The molecule has 5 rings (SSSR count). The number of rotatable bonds is 3. The second-order valence-electron chi connectivity index (χ2n) is 8.17. The standard InChI is InChI=1S/C22H23FN4O/c1-27(19-9-13-2-3-15(8-13)22(19)23)21-5-4-18(25-26-21)17-10-16-12-24-7-6-14(16)11-20(17)28/h4-7,10-13,15,19,22,28H,2-3,8-9H2,1H3/t13-,15+,19+,22-/m0/s1. The maximum atomic E-state index is 14.9. The van der Waals surface area contributed by atoms with Crippen LogP contribution in [0, 0.1) is 11.8 Å². The second-order valence-corrected chi connectivity index (χ2v) is 8.17. The molecule has 0 aliphatic heterocycles. The Hall–Kier alpha value is -2.76. The van der Waals surface area contributed by atoms with Gasteiger partial charge in [0.1, 0.15) is 11.9 Å². The van der Waals surface area contributed by atoms with Crippen molar-refractivity contribution in [1.82, 2.24) is 15.2 Å². The third-order valence-electron chi connectivity index (χ3n) is 6.51. The first kappa shape index (κ1) is 17.3. The summed E-state index contributed by atoms with van der Waals surface area (Å²) in [5, 5.41) is 20.9. The molecule has 0 radical (unpaired) electrons. The smallest absolute Gasteiger partial charge is 0.151 e. The van der Waals surface area contributed by atoms with Gasteiger partial charge in [0.05, 0.1) is 11.7 Å². The molecule has 0 saturated heterocycles. The summed E-state index contributed by atoms with van der Waals surface area (Å²) in [4.78, 5) is 6.07. The number of fused-ring (bicyclic) bond motifs is 3. The molecule has 1 aromatic carbocycles. The maximum Gasteiger partial charge on any atom is 0.151 e. The van der Waals surface area contributed by atoms with E-state index in [-0.39, 0.29) is 17.7 Å². The zero-order chi connectivity index (χ0) is 19.3. The molecule has 4 atom stereocenters. The first-order chi connectivity index (χ1) is 13.6. The highest BCUT2D eigenvalue weighted by molar-refractivity contribution is 5.89. The molecule has 3 aromatic rings. The summed E-state index contributed by atoms with van der Waals surface area (Å²) in [6.45, 7) is 0. The fourth-order valence-corrected chi connectivity index (χ4v) is 4.93. The van der Waals surface area contributed by atoms with Gasteiger partial charge in [-0.25, -0.2) is 4.39 Å². The molecule has 2 bridgehead atoms. The summed E-state index contributed by atoms with van der Waals surface area (Å²) in [7, 11) is 1.91. The van der Waals surface area contributed by atoms with Crippen LogP contribution in [-0.4, -0.2) is 39.5 Å². The molecule has 28 heavy (non-hydrogen) atoms. The van der Waals surface area contributed by atoms with Gasteiger partial charge in [0.2, 0.25) is 0 Å². The van der Waals surface area contributed by atoms with Crippen LogP contribution in [0.2, 0.25) is 0 Å². The molecule has 0 unspecified atom stereocenters. The van der Waals surface area contributed by atoms with Crippen molar-refractivity contribution in [2.45, 2.75) is 37.9 Å². The number of nitrogens with zero attached hydrogens (tertiary/aromatic N) is 4. The maximum absolute atomic E-state index is 14.9. The number of alkyl halides is 1. The summed E-state index contributed by atoms with van der Waals surface area (Å²) in [5.74, 6) is 1.66. The van der Waals surface area contributed by atoms with Gasteiger partial charge in [-0.1, -0.05) is 0 Å². The minimum Gasteiger partial charge on any atom is -0.507 e. The number of aromatic nitrogens is 3. The van der Waals surface area contributed by atoms with E-state index >= 15 is 0 Å². The van der Waals surface area contributed by atoms with E-state index in [9.17, 15) is 9.50 Å². The molecular weight excluding hydrogens is 355 g/mol. The van der Waals surface area contributed by atoms with Crippen LogP contribution in [0.4, 0.5) is 10.2 Å². The molecule has 144 valence electrons. The normalized spacial score (nSPS) is 26.5. The predicted molar refractivity (Wildman–Crippen MR) is 107 cm³/mol. The van der Waals surface area contributed by atoms with E-state index in [1.807, 2.05) is 36.2 Å². The summed E-state index contributed by atoms with van der Waals surface area (Å²) in [5.41, 5.74) is 1.20. The van der Waals surface area contributed by atoms with E-state index in [2.05, 4.69) is 15.2 Å². The number of pyridine rings is 1. The molecule has 2 saturated carbocycles. The third-order valence-corrected chi connectivity index (χ3v) is 6.51. The highest BCUT2D eigenvalue weighted by Crippen LogP contribution is 2.45. The minimum absolute atomic E-state index is 0.133. The molecule has 5 nitrogen and oxygen atoms in total. The second kappa shape index (κ2) is 6.69. The first-order valence-electron chi connectivity index (χ1n) is 9.88. The number of hydrogen-bond donors (Lipinski definition) is 1. The van der Waals surface area contributed by atoms with Crippen molar-refractivity contribution in [3.8, 4) is 17.0 Å². The highest BCUT2D eigenvalue weighted by Gasteiger charge is 2.44. The van der Waals surface area contributed by atoms with E-state index < -0.39 is 6.17 Å². The van der Waals surface area contributed by atoms with E-state index in [1.54, 1.807) is 18.5 Å². The molecule has 0 spiro atoms. The van der Waals surface area contributed by atoms with Crippen LogP contribution >= 0.6 is 0 Å². The van der Waals surface area contributed by atoms with Crippen LogP contribution < -0.4 is 4.90 Å². The zero-order valence-electron chi connectivity index (χ0n) is 15.8. The molecule has 0 amide bonds. The first-order valence-corrected chi connectivity index (χ1v) is 9.88. The fraction of sp³-hybridized carbons (Fsp3) is 0.409. The van der Waals surface area contributed by atoms with Crippen molar-refractivity contribution in [2.24, 2.45) is 11.8 Å². The SMILES string of the molecule is CN(c1ccc(-c2cc3cnccc3cc2O)nn1)[C@@H]1C[C@H]2CC[C@H](C2)[C@@H]1F. The van der Waals surface area contributed by atoms with Crippen molar-refractivity contribution in [2.75, 3.05) is 11.9 Å². The van der Waals surface area contributed by atoms with Gasteiger partial charge in [-0.15, -0.1) is 10.2 Å². The number of anilines is 1. The largest absolute Gasteiger partial charge is 0.507 e. The Balaban J connectivity index is 1.42. The average molecular weight is 378 g/mol. The molecule has 1 N–H and O–H groups in total. The van der Waals surface area contributed by atoms with Gasteiger partial charge in [-0.2, -0.15) is 0 Å². The van der Waals surface area contributed by atoms with Crippen LogP contribution in [0.3, 0.4) is 0 Å². The van der Waals surface area contributed by atoms with E-state index in [0.29, 0.717) is 23.0 Å². The van der Waals surface area contributed by atoms with Crippen LogP contribution in [-0.2, 0) is 0 Å². The molecule has 6 heteroatoms. The Labute approximate surface area is 163 Å². The number of hydrogen-bond acceptors (Lipinski definition) is 5. The van der Waals surface area contributed by atoms with Gasteiger partial charge in [0, 0.05) is 30.4 Å². The highest BCUT2D eigenvalue weighted by atomic mass is 19.1. The summed E-state index contributed by atoms with van der Waals surface area (Å²) in [6, 6.07) is 8.99. The van der Waals surface area contributed by atoms with Crippen molar-refractivity contribution in [3.05, 3.63) is 42.7 Å². The van der Waals surface area contributed by atoms with Gasteiger partial charge in [-0.05, 0) is 73.2 Å². The Kier molecular flexibility index (Phi) is 4.14. The lowest BCUT2D eigenvalue weighted by Gasteiger charge is -2.38. The van der Waals surface area contributed by atoms with Crippen molar-refractivity contribution >= 4 is 16.6 Å². The summed E-state index contributed by atoms with van der Waals surface area (Å²) >= 11 is 0. The number of halogens is 1. The number of benzene rings is 1. The van der Waals surface area contributed by atoms with Crippen molar-refractivity contribution in [1.29, 1.82) is 0 Å². The molecule has 2 aromatic heterocycles. The van der Waals surface area contributed by atoms with Crippen LogP contribution in [0.1, 0.15) is 25.7 Å². The van der Waals surface area contributed by atoms with Crippen LogP contribution in [0.5, 0.6) is 5.75 Å². The molecule has 2 aliphatic rings. The third kappa shape index (κ3) is 2.87. The average Bonchev–Trinajstić information content (AvgIpc) is 3.13. The Morgan fingerprint density at radius 3 is 2.79 bits per heavy atom. The van der Waals surface area contributed by atoms with Gasteiger partial charge >= 0.3 is 0 Å².